The number of fused-ring (bicyclic) bond motifs is 1. The van der Waals surface area contributed by atoms with Gasteiger partial charge in [0, 0.05) is 24.7 Å². The minimum absolute atomic E-state index is 0.0317. The van der Waals surface area contributed by atoms with E-state index in [1.165, 1.54) is 4.57 Å². The molecular formula is C30H33N3O6. The van der Waals surface area contributed by atoms with Gasteiger partial charge in [-0.25, -0.2) is 4.79 Å². The highest BCUT2D eigenvalue weighted by atomic mass is 16.5. The molecule has 204 valence electrons. The Morgan fingerprint density at radius 3 is 2.31 bits per heavy atom. The number of carbonyl (C=O) groups excluding carboxylic acids is 1. The van der Waals surface area contributed by atoms with E-state index in [9.17, 15) is 24.9 Å². The standard InChI is InChI=1S/C30H33N3O6/c1-39-22-10-6-20(7-11-22)17-30(13-2-3-14-30)29(38)32-25(28(36)37)16-19-4-8-21(9-5-19)33-26(34)23-12-15-31-18-24(23)27(33)35/h4-11,18,25,34-35H,2-3,12-17H2,1H3,(H,32,38)(H,36,37). The maximum Gasteiger partial charge on any atom is 0.326 e. The van der Waals surface area contributed by atoms with E-state index in [2.05, 4.69) is 10.3 Å². The Bertz CT molecular complexity index is 1390. The highest BCUT2D eigenvalue weighted by molar-refractivity contribution is 5.89. The van der Waals surface area contributed by atoms with Crippen molar-refractivity contribution in [2.45, 2.75) is 51.0 Å². The third-order valence-corrected chi connectivity index (χ3v) is 7.95. The summed E-state index contributed by atoms with van der Waals surface area (Å²) in [6.07, 6.45) is 6.03. The molecule has 1 fully saturated rings. The number of hydrogen-bond acceptors (Lipinski definition) is 6. The number of methoxy groups -OCH3 is 1. The van der Waals surface area contributed by atoms with Crippen LogP contribution in [0.25, 0.3) is 5.69 Å². The number of hydrogen-bond donors (Lipinski definition) is 4. The Morgan fingerprint density at radius 1 is 1.03 bits per heavy atom. The number of nitrogens with zero attached hydrogens (tertiary/aromatic N) is 2. The van der Waals surface area contributed by atoms with Crippen molar-refractivity contribution in [3.63, 3.8) is 0 Å². The molecule has 1 aliphatic heterocycles. The fourth-order valence-corrected chi connectivity index (χ4v) is 5.77. The van der Waals surface area contributed by atoms with Crippen LogP contribution in [-0.2, 0) is 28.9 Å². The van der Waals surface area contributed by atoms with Gasteiger partial charge in [-0.2, -0.15) is 0 Å². The molecule has 2 aliphatic rings. The van der Waals surface area contributed by atoms with E-state index < -0.39 is 17.4 Å². The lowest BCUT2D eigenvalue weighted by Gasteiger charge is -2.29. The molecule has 0 saturated heterocycles. The van der Waals surface area contributed by atoms with Gasteiger partial charge in [-0.15, -0.1) is 0 Å². The van der Waals surface area contributed by atoms with E-state index in [4.69, 9.17) is 4.74 Å². The number of ether oxygens (including phenoxy) is 1. The molecule has 2 aromatic carbocycles. The summed E-state index contributed by atoms with van der Waals surface area (Å²) in [5, 5.41) is 34.1. The first kappa shape index (κ1) is 26.3. The van der Waals surface area contributed by atoms with Gasteiger partial charge in [-0.3, -0.25) is 14.4 Å². The number of benzene rings is 2. The fourth-order valence-electron chi connectivity index (χ4n) is 5.77. The van der Waals surface area contributed by atoms with Crippen LogP contribution in [0.5, 0.6) is 17.5 Å². The molecule has 0 radical (unpaired) electrons. The lowest BCUT2D eigenvalue weighted by Crippen LogP contribution is -2.49. The molecule has 9 heteroatoms. The molecule has 4 N–H and O–H groups in total. The second kappa shape index (κ2) is 10.8. The average Bonchev–Trinajstić information content (AvgIpc) is 3.52. The zero-order valence-corrected chi connectivity index (χ0v) is 21.9. The van der Waals surface area contributed by atoms with E-state index in [0.29, 0.717) is 54.6 Å². The van der Waals surface area contributed by atoms with Crippen LogP contribution in [0.3, 0.4) is 0 Å². The normalized spacial score (nSPS) is 16.4. The Labute approximate surface area is 226 Å². The summed E-state index contributed by atoms with van der Waals surface area (Å²) < 4.78 is 6.59. The number of nitrogens with one attached hydrogen (secondary N) is 1. The third kappa shape index (κ3) is 5.21. The molecule has 1 atom stereocenters. The molecule has 1 amide bonds. The number of carbonyl (C=O) groups is 2. The molecular weight excluding hydrogens is 498 g/mol. The van der Waals surface area contributed by atoms with Gasteiger partial charge in [0.25, 0.3) is 0 Å². The van der Waals surface area contributed by atoms with E-state index in [1.807, 2.05) is 24.3 Å². The molecule has 5 rings (SSSR count). The van der Waals surface area contributed by atoms with Crippen molar-refractivity contribution in [1.82, 2.24) is 9.88 Å². The van der Waals surface area contributed by atoms with Gasteiger partial charge in [0.2, 0.25) is 17.7 Å². The summed E-state index contributed by atoms with van der Waals surface area (Å²) in [6, 6.07) is 13.5. The number of aliphatic imine (C=N–C) groups is 1. The van der Waals surface area contributed by atoms with Crippen LogP contribution >= 0.6 is 0 Å². The van der Waals surface area contributed by atoms with E-state index >= 15 is 0 Å². The van der Waals surface area contributed by atoms with Crippen molar-refractivity contribution >= 4 is 18.1 Å². The zero-order chi connectivity index (χ0) is 27.6. The Morgan fingerprint density at radius 2 is 1.69 bits per heavy atom. The molecule has 0 bridgehead atoms. The number of carboxylic acid groups (broad SMARTS) is 1. The van der Waals surface area contributed by atoms with Crippen LogP contribution in [0.2, 0.25) is 0 Å². The lowest BCUT2D eigenvalue weighted by atomic mass is 9.78. The lowest BCUT2D eigenvalue weighted by molar-refractivity contribution is -0.143. The topological polar surface area (TPSA) is 133 Å². The van der Waals surface area contributed by atoms with Crippen molar-refractivity contribution < 1.29 is 29.6 Å². The molecule has 1 aliphatic carbocycles. The van der Waals surface area contributed by atoms with Crippen LogP contribution in [0, 0.1) is 5.41 Å². The number of aromatic nitrogens is 1. The molecule has 39 heavy (non-hydrogen) atoms. The van der Waals surface area contributed by atoms with Gasteiger partial charge in [0.05, 0.1) is 23.8 Å². The second-order valence-electron chi connectivity index (χ2n) is 10.4. The van der Waals surface area contributed by atoms with Crippen LogP contribution in [0.1, 0.15) is 47.9 Å². The predicted octanol–water partition coefficient (Wildman–Crippen LogP) is 3.79. The number of aliphatic carboxylic acids is 1. The number of amides is 1. The fraction of sp³-hybridized carbons (Fsp3) is 0.367. The third-order valence-electron chi connectivity index (χ3n) is 7.95. The van der Waals surface area contributed by atoms with Gasteiger partial charge >= 0.3 is 5.97 Å². The summed E-state index contributed by atoms with van der Waals surface area (Å²) in [6.45, 7) is 0.548. The highest BCUT2D eigenvalue weighted by Gasteiger charge is 2.42. The number of aromatic hydroxyl groups is 2. The van der Waals surface area contributed by atoms with Crippen LogP contribution in [0.4, 0.5) is 0 Å². The number of rotatable bonds is 9. The first-order valence-electron chi connectivity index (χ1n) is 13.2. The number of carboxylic acids is 1. The SMILES string of the molecule is COc1ccc(CC2(C(=O)NC(Cc3ccc(-n4c(O)c5c(c4O)CCN=C5)cc3)C(=O)O)CCCC2)cc1. The molecule has 3 aromatic rings. The van der Waals surface area contributed by atoms with Gasteiger partial charge in [0.1, 0.15) is 11.8 Å². The first-order valence-corrected chi connectivity index (χ1v) is 13.2. The Hall–Kier alpha value is -4.27. The molecule has 0 spiro atoms. The Kier molecular flexibility index (Phi) is 7.32. The average molecular weight is 532 g/mol. The van der Waals surface area contributed by atoms with Crippen LogP contribution in [0.15, 0.2) is 53.5 Å². The van der Waals surface area contributed by atoms with Crippen molar-refractivity contribution in [1.29, 1.82) is 0 Å². The van der Waals surface area contributed by atoms with Gasteiger partial charge in [-0.1, -0.05) is 37.1 Å². The van der Waals surface area contributed by atoms with Gasteiger partial charge in [-0.05, 0) is 61.1 Å². The summed E-state index contributed by atoms with van der Waals surface area (Å²) in [7, 11) is 1.61. The summed E-state index contributed by atoms with van der Waals surface area (Å²) >= 11 is 0. The molecule has 1 aromatic heterocycles. The minimum Gasteiger partial charge on any atom is -0.497 e. The zero-order valence-electron chi connectivity index (χ0n) is 21.9. The largest absolute Gasteiger partial charge is 0.497 e. The maximum atomic E-state index is 13.5. The van der Waals surface area contributed by atoms with Crippen molar-refractivity contribution in [2.75, 3.05) is 13.7 Å². The smallest absolute Gasteiger partial charge is 0.326 e. The van der Waals surface area contributed by atoms with Crippen LogP contribution in [-0.4, -0.2) is 57.7 Å². The predicted molar refractivity (Wildman–Crippen MR) is 146 cm³/mol. The monoisotopic (exact) mass is 531 g/mol. The van der Waals surface area contributed by atoms with Gasteiger partial charge in [0.15, 0.2) is 0 Å². The van der Waals surface area contributed by atoms with Crippen molar-refractivity contribution in [3.8, 4) is 23.2 Å². The van der Waals surface area contributed by atoms with E-state index in [1.54, 1.807) is 37.6 Å². The second-order valence-corrected chi connectivity index (χ2v) is 10.4. The first-order chi connectivity index (χ1) is 18.8. The summed E-state index contributed by atoms with van der Waals surface area (Å²) in [5.41, 5.74) is 2.77. The van der Waals surface area contributed by atoms with Gasteiger partial charge < -0.3 is 25.4 Å². The molecule has 1 saturated carbocycles. The molecule has 2 heterocycles. The molecule has 1 unspecified atom stereocenters. The summed E-state index contributed by atoms with van der Waals surface area (Å²) in [4.78, 5) is 29.9. The van der Waals surface area contributed by atoms with Crippen LogP contribution < -0.4 is 10.1 Å². The van der Waals surface area contributed by atoms with E-state index in [0.717, 1.165) is 24.2 Å². The quantitative estimate of drug-likeness (QED) is 0.332. The van der Waals surface area contributed by atoms with E-state index in [-0.39, 0.29) is 24.1 Å². The van der Waals surface area contributed by atoms with Crippen molar-refractivity contribution in [3.05, 3.63) is 70.8 Å². The highest BCUT2D eigenvalue weighted by Crippen LogP contribution is 2.42. The summed E-state index contributed by atoms with van der Waals surface area (Å²) in [5.74, 6) is -0.702. The minimum atomic E-state index is -1.10. The Balaban J connectivity index is 1.31. The van der Waals surface area contributed by atoms with Crippen molar-refractivity contribution in [2.24, 2.45) is 10.4 Å². The maximum absolute atomic E-state index is 13.5. The molecule has 9 nitrogen and oxygen atoms in total.